The highest BCUT2D eigenvalue weighted by Crippen LogP contribution is 2.57. The van der Waals surface area contributed by atoms with Gasteiger partial charge < -0.3 is 10.2 Å². The Morgan fingerprint density at radius 2 is 1.75 bits per heavy atom. The highest BCUT2D eigenvalue weighted by atomic mass is 32.2. The number of fused-ring (bicyclic) bond motifs is 2. The van der Waals surface area contributed by atoms with E-state index < -0.39 is 0 Å². The zero-order valence-corrected chi connectivity index (χ0v) is 21.7. The minimum absolute atomic E-state index is 0.285. The molecule has 5 heterocycles. The van der Waals surface area contributed by atoms with E-state index in [2.05, 4.69) is 42.6 Å². The number of nitrogens with zero attached hydrogens (tertiary/aromatic N) is 6. The van der Waals surface area contributed by atoms with Crippen LogP contribution in [0.3, 0.4) is 0 Å². The summed E-state index contributed by atoms with van der Waals surface area (Å²) in [5, 5.41) is 4.68. The maximum atomic E-state index is 13.4. The lowest BCUT2D eigenvalue weighted by Gasteiger charge is -2.33. The Morgan fingerprint density at radius 3 is 2.47 bits per heavy atom. The second-order valence-corrected chi connectivity index (χ2v) is 12.2. The van der Waals surface area contributed by atoms with Gasteiger partial charge in [0.2, 0.25) is 11.9 Å². The number of piperidine rings is 1. The van der Waals surface area contributed by atoms with Crippen molar-refractivity contribution in [2.24, 2.45) is 0 Å². The summed E-state index contributed by atoms with van der Waals surface area (Å²) in [5.74, 6) is 2.95. The number of carbonyl (C=O) groups is 1. The second-order valence-electron chi connectivity index (χ2n) is 11.1. The molecule has 5 aliphatic rings. The van der Waals surface area contributed by atoms with Crippen LogP contribution in [0, 0.1) is 0 Å². The van der Waals surface area contributed by atoms with E-state index in [1.807, 2.05) is 6.20 Å². The van der Waals surface area contributed by atoms with Crippen molar-refractivity contribution in [2.75, 3.05) is 41.3 Å². The van der Waals surface area contributed by atoms with Gasteiger partial charge in [-0.1, -0.05) is 25.3 Å². The number of nitrogens with one attached hydrogen (secondary N) is 1. The van der Waals surface area contributed by atoms with Crippen molar-refractivity contribution in [3.05, 3.63) is 30.0 Å². The Kier molecular flexibility index (Phi) is 5.80. The minimum atomic E-state index is -0.311. The number of carbonyl (C=O) groups excluding carboxylic acids is 1. The van der Waals surface area contributed by atoms with E-state index in [0.29, 0.717) is 18.0 Å². The topological polar surface area (TPSA) is 77.5 Å². The van der Waals surface area contributed by atoms with Crippen LogP contribution in [0.25, 0.3) is 0 Å². The first-order valence-electron chi connectivity index (χ1n) is 13.8. The lowest BCUT2D eigenvalue weighted by Crippen LogP contribution is -2.42. The lowest BCUT2D eigenvalue weighted by atomic mass is 9.94. The van der Waals surface area contributed by atoms with E-state index in [1.165, 1.54) is 25.7 Å². The predicted octanol–water partition coefficient (Wildman–Crippen LogP) is 4.38. The first-order chi connectivity index (χ1) is 17.7. The molecule has 2 aromatic rings. The van der Waals surface area contributed by atoms with Crippen LogP contribution in [-0.2, 0) is 10.2 Å². The Morgan fingerprint density at radius 1 is 0.944 bits per heavy atom. The number of hydrogen-bond donors (Lipinski definition) is 1. The van der Waals surface area contributed by atoms with E-state index in [0.717, 1.165) is 86.9 Å². The zero-order valence-electron chi connectivity index (χ0n) is 20.9. The molecule has 0 unspecified atom stereocenters. The summed E-state index contributed by atoms with van der Waals surface area (Å²) >= 11 is 1.77. The number of pyridine rings is 1. The summed E-state index contributed by atoms with van der Waals surface area (Å²) in [6.07, 6.45) is 13.1. The van der Waals surface area contributed by atoms with Gasteiger partial charge >= 0.3 is 0 Å². The predicted molar refractivity (Wildman–Crippen MR) is 142 cm³/mol. The van der Waals surface area contributed by atoms with Gasteiger partial charge in [-0.3, -0.25) is 9.69 Å². The highest BCUT2D eigenvalue weighted by molar-refractivity contribution is 7.97. The molecular weight excluding hydrogens is 470 g/mol. The number of amides is 1. The molecule has 2 aliphatic carbocycles. The Balaban J connectivity index is 0.997. The van der Waals surface area contributed by atoms with Gasteiger partial charge in [-0.15, -0.1) is 0 Å². The van der Waals surface area contributed by atoms with Crippen LogP contribution in [0.1, 0.15) is 69.8 Å². The van der Waals surface area contributed by atoms with Crippen molar-refractivity contribution >= 4 is 35.4 Å². The van der Waals surface area contributed by atoms with Crippen LogP contribution >= 0.6 is 11.9 Å². The van der Waals surface area contributed by atoms with E-state index in [1.54, 1.807) is 11.9 Å². The summed E-state index contributed by atoms with van der Waals surface area (Å²) in [7, 11) is 0. The summed E-state index contributed by atoms with van der Waals surface area (Å²) in [4.78, 5) is 32.3. The lowest BCUT2D eigenvalue weighted by molar-refractivity contribution is -0.120. The third-order valence-corrected chi connectivity index (χ3v) is 9.77. The van der Waals surface area contributed by atoms with Crippen LogP contribution in [0.4, 0.5) is 17.6 Å². The number of anilines is 3. The molecule has 3 aliphatic heterocycles. The van der Waals surface area contributed by atoms with E-state index in [4.69, 9.17) is 9.97 Å². The molecule has 36 heavy (non-hydrogen) atoms. The summed E-state index contributed by atoms with van der Waals surface area (Å²) in [5.41, 5.74) is 0.761. The molecule has 8 nitrogen and oxygen atoms in total. The van der Waals surface area contributed by atoms with Crippen LogP contribution in [0.15, 0.2) is 29.4 Å². The number of aromatic nitrogens is 3. The van der Waals surface area contributed by atoms with Gasteiger partial charge in [-0.05, 0) is 69.0 Å². The first-order valence-corrected chi connectivity index (χ1v) is 14.6. The molecule has 0 radical (unpaired) electrons. The molecule has 2 saturated heterocycles. The van der Waals surface area contributed by atoms with Gasteiger partial charge in [-0.25, -0.2) is 14.3 Å². The molecule has 0 atom stereocenters. The fourth-order valence-electron chi connectivity index (χ4n) is 6.27. The summed E-state index contributed by atoms with van der Waals surface area (Å²) in [6.45, 7) is 4.24. The van der Waals surface area contributed by atoms with Crippen LogP contribution in [0.2, 0.25) is 0 Å². The van der Waals surface area contributed by atoms with Gasteiger partial charge in [-0.2, -0.15) is 4.98 Å². The third-order valence-electron chi connectivity index (χ3n) is 8.73. The average Bonchev–Trinajstić information content (AvgIpc) is 3.63. The van der Waals surface area contributed by atoms with Gasteiger partial charge in [0.05, 0.1) is 5.41 Å². The largest absolute Gasteiger partial charge is 0.356 e. The van der Waals surface area contributed by atoms with E-state index in [9.17, 15) is 4.79 Å². The van der Waals surface area contributed by atoms with Gasteiger partial charge in [0.25, 0.3) is 0 Å². The molecule has 1 spiro atoms. The quantitative estimate of drug-likeness (QED) is 0.580. The summed E-state index contributed by atoms with van der Waals surface area (Å²) in [6, 6.07) is 7.00. The maximum Gasteiger partial charge on any atom is 0.239 e. The van der Waals surface area contributed by atoms with Crippen molar-refractivity contribution in [2.45, 2.75) is 86.7 Å². The number of rotatable bonds is 6. The van der Waals surface area contributed by atoms with Crippen molar-refractivity contribution in [3.8, 4) is 0 Å². The van der Waals surface area contributed by atoms with Gasteiger partial charge in [0.1, 0.15) is 16.7 Å². The standard InChI is InChI=1S/C27H35N7OS/c35-25-27(12-13-27)21-18-28-26(31-24(21)34(25)20-6-2-1-3-7-20)29-19-10-16-33(17-11-19)36-23-9-4-8-22(30-23)32-14-5-15-32/h4,8-9,18-20H,1-3,5-7,10-17H2,(H,28,29,31). The number of hydrogen-bond acceptors (Lipinski definition) is 8. The molecule has 2 aromatic heterocycles. The molecule has 2 saturated carbocycles. The Hall–Kier alpha value is -2.39. The third kappa shape index (κ3) is 4.04. The monoisotopic (exact) mass is 505 g/mol. The average molecular weight is 506 g/mol. The molecule has 1 N–H and O–H groups in total. The molecule has 1 amide bonds. The van der Waals surface area contributed by atoms with Crippen molar-refractivity contribution < 1.29 is 4.79 Å². The molecule has 0 aromatic carbocycles. The molecule has 9 heteroatoms. The second kappa shape index (κ2) is 9.17. The van der Waals surface area contributed by atoms with Crippen LogP contribution in [-0.4, -0.2) is 63.4 Å². The summed E-state index contributed by atoms with van der Waals surface area (Å²) < 4.78 is 2.42. The highest BCUT2D eigenvalue weighted by Gasteiger charge is 2.61. The zero-order chi connectivity index (χ0) is 24.1. The fraction of sp³-hybridized carbons (Fsp3) is 0.630. The molecular formula is C27H35N7OS. The first kappa shape index (κ1) is 22.8. The fourth-order valence-corrected chi connectivity index (χ4v) is 7.21. The van der Waals surface area contributed by atoms with Crippen molar-refractivity contribution in [3.63, 3.8) is 0 Å². The minimum Gasteiger partial charge on any atom is -0.356 e. The van der Waals surface area contributed by atoms with Gasteiger partial charge in [0, 0.05) is 50.0 Å². The van der Waals surface area contributed by atoms with Crippen molar-refractivity contribution in [1.82, 2.24) is 19.3 Å². The smallest absolute Gasteiger partial charge is 0.239 e. The maximum absolute atomic E-state index is 13.4. The van der Waals surface area contributed by atoms with Crippen LogP contribution < -0.4 is 15.1 Å². The van der Waals surface area contributed by atoms with E-state index in [-0.39, 0.29) is 11.3 Å². The Labute approximate surface area is 217 Å². The molecule has 4 fully saturated rings. The molecule has 0 bridgehead atoms. The van der Waals surface area contributed by atoms with Gasteiger partial charge in [0.15, 0.2) is 0 Å². The normalized spacial score (nSPS) is 24.2. The van der Waals surface area contributed by atoms with Crippen molar-refractivity contribution in [1.29, 1.82) is 0 Å². The van der Waals surface area contributed by atoms with Crippen LogP contribution in [0.5, 0.6) is 0 Å². The SMILES string of the molecule is O=C1N(C2CCCCC2)c2nc(NC3CCN(Sc4cccc(N5CCC5)n4)CC3)ncc2C12CC2. The Bertz CT molecular complexity index is 1140. The molecule has 190 valence electrons. The van der Waals surface area contributed by atoms with E-state index >= 15 is 0 Å². The molecule has 7 rings (SSSR count).